The van der Waals surface area contributed by atoms with E-state index in [2.05, 4.69) is 5.32 Å². The van der Waals surface area contributed by atoms with Gasteiger partial charge in [0.25, 0.3) is 0 Å². The Morgan fingerprint density at radius 3 is 2.33 bits per heavy atom. The van der Waals surface area contributed by atoms with Crippen LogP contribution in [0.2, 0.25) is 5.02 Å². The summed E-state index contributed by atoms with van der Waals surface area (Å²) in [6.45, 7) is 0. The van der Waals surface area contributed by atoms with E-state index in [9.17, 15) is 18.4 Å². The Bertz CT molecular complexity index is 748. The van der Waals surface area contributed by atoms with E-state index >= 15 is 0 Å². The number of rotatable bonds is 6. The second-order valence-electron chi connectivity index (χ2n) is 5.31. The van der Waals surface area contributed by atoms with E-state index in [1.807, 2.05) is 0 Å². The highest BCUT2D eigenvalue weighted by molar-refractivity contribution is 6.30. The zero-order chi connectivity index (χ0) is 17.7. The first kappa shape index (κ1) is 17.9. The summed E-state index contributed by atoms with van der Waals surface area (Å²) < 4.78 is 26.3. The Balaban J connectivity index is 2.04. The lowest BCUT2D eigenvalue weighted by Gasteiger charge is -2.16. The highest BCUT2D eigenvalue weighted by Gasteiger charge is 2.19. The highest BCUT2D eigenvalue weighted by Crippen LogP contribution is 2.13. The first-order chi connectivity index (χ1) is 11.3. The van der Waals surface area contributed by atoms with Crippen LogP contribution in [0.15, 0.2) is 42.5 Å². The molecule has 7 heteroatoms. The van der Waals surface area contributed by atoms with Crippen molar-refractivity contribution in [1.82, 2.24) is 5.32 Å². The van der Waals surface area contributed by atoms with Crippen molar-refractivity contribution in [3.05, 3.63) is 70.2 Å². The molecule has 2 aromatic rings. The van der Waals surface area contributed by atoms with Gasteiger partial charge in [0, 0.05) is 17.5 Å². The fourth-order valence-corrected chi connectivity index (χ4v) is 2.48. The molecule has 2 rings (SSSR count). The third-order valence-corrected chi connectivity index (χ3v) is 3.53. The maximum Gasteiger partial charge on any atom is 0.240 e. The van der Waals surface area contributed by atoms with Crippen LogP contribution >= 0.6 is 11.6 Å². The van der Waals surface area contributed by atoms with Gasteiger partial charge in [-0.25, -0.2) is 8.78 Å². The third kappa shape index (κ3) is 5.31. The van der Waals surface area contributed by atoms with Gasteiger partial charge in [0.05, 0.1) is 6.42 Å². The van der Waals surface area contributed by atoms with Gasteiger partial charge in [-0.3, -0.25) is 9.59 Å². The molecule has 0 radical (unpaired) electrons. The Hall–Kier alpha value is -2.47. The lowest BCUT2D eigenvalue weighted by molar-refractivity contribution is -0.127. The lowest BCUT2D eigenvalue weighted by Crippen LogP contribution is -2.46. The number of carbonyl (C=O) groups excluding carboxylic acids is 2. The third-order valence-electron chi connectivity index (χ3n) is 3.29. The zero-order valence-electron chi connectivity index (χ0n) is 12.6. The minimum Gasteiger partial charge on any atom is -0.368 e. The smallest absolute Gasteiger partial charge is 0.240 e. The number of nitrogens with one attached hydrogen (secondary N) is 1. The van der Waals surface area contributed by atoms with Crippen LogP contribution in [0.25, 0.3) is 0 Å². The van der Waals surface area contributed by atoms with Crippen molar-refractivity contribution in [3.63, 3.8) is 0 Å². The molecular formula is C17H15ClF2N2O2. The second kappa shape index (κ2) is 7.88. The maximum absolute atomic E-state index is 13.1. The summed E-state index contributed by atoms with van der Waals surface area (Å²) in [6, 6.07) is 8.68. The first-order valence-corrected chi connectivity index (χ1v) is 7.49. The molecular weight excluding hydrogens is 338 g/mol. The van der Waals surface area contributed by atoms with Gasteiger partial charge in [-0.15, -0.1) is 0 Å². The molecule has 0 saturated carbocycles. The minimum atomic E-state index is -0.950. The zero-order valence-corrected chi connectivity index (χ0v) is 13.3. The average molecular weight is 353 g/mol. The SMILES string of the molecule is NC(=O)[C@H](Cc1cccc(Cl)c1)NC(=O)Cc1cc(F)cc(F)c1. The Morgan fingerprint density at radius 1 is 1.08 bits per heavy atom. The second-order valence-corrected chi connectivity index (χ2v) is 5.75. The molecule has 0 unspecified atom stereocenters. The molecule has 4 nitrogen and oxygen atoms in total. The number of amides is 2. The van der Waals surface area contributed by atoms with Crippen molar-refractivity contribution < 1.29 is 18.4 Å². The highest BCUT2D eigenvalue weighted by atomic mass is 35.5. The van der Waals surface area contributed by atoms with Crippen LogP contribution in [0.1, 0.15) is 11.1 Å². The van der Waals surface area contributed by atoms with Crippen LogP contribution in [0.4, 0.5) is 8.78 Å². The molecule has 3 N–H and O–H groups in total. The molecule has 0 bridgehead atoms. The molecule has 24 heavy (non-hydrogen) atoms. The van der Waals surface area contributed by atoms with E-state index in [4.69, 9.17) is 17.3 Å². The van der Waals surface area contributed by atoms with Crippen molar-refractivity contribution in [3.8, 4) is 0 Å². The summed E-state index contributed by atoms with van der Waals surface area (Å²) in [4.78, 5) is 23.6. The standard InChI is InChI=1S/C17H15ClF2N2O2/c18-12-3-1-2-10(4-12)7-15(17(21)24)22-16(23)8-11-5-13(19)9-14(20)6-11/h1-6,9,15H,7-8H2,(H2,21,24)(H,22,23)/t15-/m0/s1. The quantitative estimate of drug-likeness (QED) is 0.837. The monoisotopic (exact) mass is 352 g/mol. The molecule has 0 aromatic heterocycles. The van der Waals surface area contributed by atoms with E-state index in [1.165, 1.54) is 0 Å². The molecule has 0 fully saturated rings. The number of halogens is 3. The van der Waals surface area contributed by atoms with Gasteiger partial charge in [-0.2, -0.15) is 0 Å². The number of nitrogens with two attached hydrogens (primary N) is 1. The number of benzene rings is 2. The number of primary amides is 1. The van der Waals surface area contributed by atoms with E-state index < -0.39 is 29.5 Å². The van der Waals surface area contributed by atoms with Gasteiger partial charge >= 0.3 is 0 Å². The molecule has 2 amide bonds. The summed E-state index contributed by atoms with van der Waals surface area (Å²) in [5.74, 6) is -2.83. The van der Waals surface area contributed by atoms with Crippen LogP contribution in [0, 0.1) is 11.6 Å². The van der Waals surface area contributed by atoms with Crippen molar-refractivity contribution >= 4 is 23.4 Å². The number of hydrogen-bond donors (Lipinski definition) is 2. The van der Waals surface area contributed by atoms with E-state index in [-0.39, 0.29) is 18.4 Å². The molecule has 0 heterocycles. The van der Waals surface area contributed by atoms with Crippen molar-refractivity contribution in [2.45, 2.75) is 18.9 Å². The van der Waals surface area contributed by atoms with E-state index in [0.29, 0.717) is 11.1 Å². The van der Waals surface area contributed by atoms with Crippen molar-refractivity contribution in [2.24, 2.45) is 5.73 Å². The van der Waals surface area contributed by atoms with Gasteiger partial charge in [0.1, 0.15) is 17.7 Å². The average Bonchev–Trinajstić information content (AvgIpc) is 2.45. The molecule has 0 saturated heterocycles. The normalized spacial score (nSPS) is 11.8. The van der Waals surface area contributed by atoms with Gasteiger partial charge in [-0.05, 0) is 35.4 Å². The van der Waals surface area contributed by atoms with Crippen molar-refractivity contribution in [1.29, 1.82) is 0 Å². The largest absolute Gasteiger partial charge is 0.368 e. The Kier molecular flexibility index (Phi) is 5.87. The fraction of sp³-hybridized carbons (Fsp3) is 0.176. The summed E-state index contributed by atoms with van der Waals surface area (Å²) in [5.41, 5.74) is 6.19. The first-order valence-electron chi connectivity index (χ1n) is 7.11. The molecule has 0 aliphatic heterocycles. The maximum atomic E-state index is 13.1. The van der Waals surface area contributed by atoms with Gasteiger partial charge in [0.2, 0.25) is 11.8 Å². The van der Waals surface area contributed by atoms with Crippen LogP contribution in [-0.2, 0) is 22.4 Å². The summed E-state index contributed by atoms with van der Waals surface area (Å²) in [5, 5.41) is 2.97. The van der Waals surface area contributed by atoms with E-state index in [0.717, 1.165) is 17.7 Å². The van der Waals surface area contributed by atoms with Gasteiger partial charge in [0.15, 0.2) is 0 Å². The minimum absolute atomic E-state index is 0.163. The van der Waals surface area contributed by atoms with Gasteiger partial charge < -0.3 is 11.1 Å². The number of carbonyl (C=O) groups is 2. The molecule has 0 aliphatic rings. The fourth-order valence-electron chi connectivity index (χ4n) is 2.27. The summed E-state index contributed by atoms with van der Waals surface area (Å²) in [6.07, 6.45) is -0.104. The Morgan fingerprint density at radius 2 is 1.75 bits per heavy atom. The molecule has 1 atom stereocenters. The van der Waals surface area contributed by atoms with Crippen LogP contribution in [0.3, 0.4) is 0 Å². The summed E-state index contributed by atoms with van der Waals surface area (Å²) in [7, 11) is 0. The van der Waals surface area contributed by atoms with E-state index in [1.54, 1.807) is 24.3 Å². The molecule has 0 spiro atoms. The van der Waals surface area contributed by atoms with Crippen LogP contribution < -0.4 is 11.1 Å². The lowest BCUT2D eigenvalue weighted by atomic mass is 10.0. The molecule has 126 valence electrons. The predicted octanol–water partition coefficient (Wildman–Crippen LogP) is 2.37. The predicted molar refractivity (Wildman–Crippen MR) is 86.3 cm³/mol. The molecule has 2 aromatic carbocycles. The topological polar surface area (TPSA) is 72.2 Å². The van der Waals surface area contributed by atoms with Crippen molar-refractivity contribution in [2.75, 3.05) is 0 Å². The van der Waals surface area contributed by atoms with Gasteiger partial charge in [-0.1, -0.05) is 23.7 Å². The molecule has 0 aliphatic carbocycles. The summed E-state index contributed by atoms with van der Waals surface area (Å²) >= 11 is 5.88. The van der Waals surface area contributed by atoms with Crippen LogP contribution in [-0.4, -0.2) is 17.9 Å². The van der Waals surface area contributed by atoms with Crippen LogP contribution in [0.5, 0.6) is 0 Å². The number of hydrogen-bond acceptors (Lipinski definition) is 2. The Labute approximate surface area is 142 Å².